The standard InChI is InChI=1S/C20H21NO6/c1-12-9-15(20(24)26-4)6-7-16(12)21-11-14-5-8-17(18(10-14)25-3)27-13(2)19(22)23/h5-11,13H,1-4H3,(H,22,23)/t13-/m1/s1. The Kier molecular flexibility index (Phi) is 6.54. The predicted molar refractivity (Wildman–Crippen MR) is 100 cm³/mol. The van der Waals surface area contributed by atoms with Gasteiger partial charge in [0.25, 0.3) is 0 Å². The van der Waals surface area contributed by atoms with Crippen LogP contribution in [0, 0.1) is 6.92 Å². The first-order chi connectivity index (χ1) is 12.8. The number of carboxylic acids is 1. The zero-order valence-electron chi connectivity index (χ0n) is 15.6. The molecule has 0 unspecified atom stereocenters. The van der Waals surface area contributed by atoms with Gasteiger partial charge in [0.1, 0.15) is 0 Å². The first kappa shape index (κ1) is 20.0. The number of carboxylic acid groups (broad SMARTS) is 1. The molecule has 0 saturated carbocycles. The number of esters is 1. The monoisotopic (exact) mass is 371 g/mol. The summed E-state index contributed by atoms with van der Waals surface area (Å²) in [6, 6.07) is 10.2. The number of rotatable bonds is 7. The van der Waals surface area contributed by atoms with Crippen molar-refractivity contribution in [2.75, 3.05) is 14.2 Å². The lowest BCUT2D eigenvalue weighted by molar-refractivity contribution is -0.144. The summed E-state index contributed by atoms with van der Waals surface area (Å²) < 4.78 is 15.3. The van der Waals surface area contributed by atoms with Crippen LogP contribution in [0.4, 0.5) is 5.69 Å². The number of nitrogens with zero attached hydrogens (tertiary/aromatic N) is 1. The van der Waals surface area contributed by atoms with E-state index >= 15 is 0 Å². The molecule has 1 atom stereocenters. The molecule has 0 aromatic heterocycles. The van der Waals surface area contributed by atoms with Crippen molar-refractivity contribution in [2.45, 2.75) is 20.0 Å². The molecule has 2 aromatic rings. The van der Waals surface area contributed by atoms with E-state index in [4.69, 9.17) is 19.3 Å². The molecule has 1 N–H and O–H groups in total. The third-order valence-electron chi connectivity index (χ3n) is 3.81. The van der Waals surface area contributed by atoms with Crippen molar-refractivity contribution in [3.63, 3.8) is 0 Å². The van der Waals surface area contributed by atoms with Gasteiger partial charge in [0.2, 0.25) is 0 Å². The molecule has 0 spiro atoms. The fourth-order valence-electron chi connectivity index (χ4n) is 2.29. The second-order valence-electron chi connectivity index (χ2n) is 5.76. The van der Waals surface area contributed by atoms with Crippen LogP contribution in [-0.4, -0.2) is 43.6 Å². The van der Waals surface area contributed by atoms with Gasteiger partial charge >= 0.3 is 11.9 Å². The minimum atomic E-state index is -1.06. The fourth-order valence-corrected chi connectivity index (χ4v) is 2.29. The van der Waals surface area contributed by atoms with Crippen LogP contribution in [0.25, 0.3) is 0 Å². The molecule has 0 aliphatic carbocycles. The first-order valence-electron chi connectivity index (χ1n) is 8.16. The van der Waals surface area contributed by atoms with Crippen LogP contribution in [-0.2, 0) is 9.53 Å². The van der Waals surface area contributed by atoms with Gasteiger partial charge in [-0.15, -0.1) is 0 Å². The maximum absolute atomic E-state index is 11.6. The Bertz CT molecular complexity index is 875. The zero-order valence-corrected chi connectivity index (χ0v) is 15.6. The number of methoxy groups -OCH3 is 2. The number of aliphatic carboxylic acids is 1. The largest absolute Gasteiger partial charge is 0.493 e. The lowest BCUT2D eigenvalue weighted by Gasteiger charge is -2.14. The Balaban J connectivity index is 2.22. The third kappa shape index (κ3) is 5.07. The number of hydrogen-bond donors (Lipinski definition) is 1. The Morgan fingerprint density at radius 3 is 2.44 bits per heavy atom. The van der Waals surface area contributed by atoms with Crippen LogP contribution >= 0.6 is 0 Å². The van der Waals surface area contributed by atoms with Gasteiger partial charge in [0.15, 0.2) is 17.6 Å². The SMILES string of the molecule is COC(=O)c1ccc(N=Cc2ccc(O[C@H](C)C(=O)O)c(OC)c2)c(C)c1. The van der Waals surface area contributed by atoms with E-state index in [1.165, 1.54) is 21.1 Å². The van der Waals surface area contributed by atoms with Gasteiger partial charge in [-0.2, -0.15) is 0 Å². The van der Waals surface area contributed by atoms with Crippen molar-refractivity contribution in [3.05, 3.63) is 53.1 Å². The maximum atomic E-state index is 11.6. The molecule has 2 rings (SSSR count). The molecule has 7 heteroatoms. The number of aliphatic imine (C=N–C) groups is 1. The van der Waals surface area contributed by atoms with Crippen LogP contribution in [0.2, 0.25) is 0 Å². The van der Waals surface area contributed by atoms with E-state index in [1.54, 1.807) is 42.6 Å². The Morgan fingerprint density at radius 2 is 1.85 bits per heavy atom. The molecule has 7 nitrogen and oxygen atoms in total. The second-order valence-corrected chi connectivity index (χ2v) is 5.76. The normalized spacial score (nSPS) is 11.9. The minimum Gasteiger partial charge on any atom is -0.493 e. The smallest absolute Gasteiger partial charge is 0.344 e. The van der Waals surface area contributed by atoms with Gasteiger partial charge in [0, 0.05) is 6.21 Å². The average molecular weight is 371 g/mol. The van der Waals surface area contributed by atoms with Crippen LogP contribution in [0.5, 0.6) is 11.5 Å². The second kappa shape index (κ2) is 8.84. The Morgan fingerprint density at radius 1 is 1.11 bits per heavy atom. The summed E-state index contributed by atoms with van der Waals surface area (Å²) in [5, 5.41) is 8.95. The summed E-state index contributed by atoms with van der Waals surface area (Å²) in [6.07, 6.45) is 0.655. The van der Waals surface area contributed by atoms with E-state index in [9.17, 15) is 9.59 Å². The van der Waals surface area contributed by atoms with Crippen LogP contribution in [0.3, 0.4) is 0 Å². The number of carbonyl (C=O) groups is 2. The quantitative estimate of drug-likeness (QED) is 0.592. The van der Waals surface area contributed by atoms with E-state index in [2.05, 4.69) is 4.99 Å². The molecule has 0 amide bonds. The Labute approximate surface area is 157 Å². The molecule has 142 valence electrons. The van der Waals surface area contributed by atoms with Gasteiger partial charge in [-0.1, -0.05) is 0 Å². The van der Waals surface area contributed by atoms with Crippen molar-refractivity contribution in [2.24, 2.45) is 4.99 Å². The van der Waals surface area contributed by atoms with Gasteiger partial charge in [-0.3, -0.25) is 4.99 Å². The minimum absolute atomic E-state index is 0.336. The van der Waals surface area contributed by atoms with E-state index in [1.807, 2.05) is 6.92 Å². The van der Waals surface area contributed by atoms with Crippen molar-refractivity contribution in [1.29, 1.82) is 0 Å². The van der Waals surface area contributed by atoms with Crippen molar-refractivity contribution >= 4 is 23.8 Å². The lowest BCUT2D eigenvalue weighted by Crippen LogP contribution is -2.23. The summed E-state index contributed by atoms with van der Waals surface area (Å²) in [5.41, 5.74) is 2.75. The van der Waals surface area contributed by atoms with Crippen LogP contribution in [0.1, 0.15) is 28.4 Å². The molecule has 0 bridgehead atoms. The molecule has 27 heavy (non-hydrogen) atoms. The third-order valence-corrected chi connectivity index (χ3v) is 3.81. The molecule has 0 radical (unpaired) electrons. The number of benzene rings is 2. The summed E-state index contributed by atoms with van der Waals surface area (Å²) in [7, 11) is 2.81. The van der Waals surface area contributed by atoms with Gasteiger partial charge in [0.05, 0.1) is 25.5 Å². The van der Waals surface area contributed by atoms with E-state index in [0.717, 1.165) is 11.1 Å². The molecular formula is C20H21NO6. The first-order valence-corrected chi connectivity index (χ1v) is 8.16. The summed E-state index contributed by atoms with van der Waals surface area (Å²) >= 11 is 0. The van der Waals surface area contributed by atoms with Crippen molar-refractivity contribution in [1.82, 2.24) is 0 Å². The molecule has 0 saturated heterocycles. The van der Waals surface area contributed by atoms with Crippen LogP contribution in [0.15, 0.2) is 41.4 Å². The molecule has 0 aliphatic rings. The summed E-state index contributed by atoms with van der Waals surface area (Å²) in [5.74, 6) is -0.717. The summed E-state index contributed by atoms with van der Waals surface area (Å²) in [4.78, 5) is 26.9. The van der Waals surface area contributed by atoms with Gasteiger partial charge in [-0.25, -0.2) is 9.59 Å². The van der Waals surface area contributed by atoms with Gasteiger partial charge in [-0.05, 0) is 61.4 Å². The Hall–Kier alpha value is -3.35. The maximum Gasteiger partial charge on any atom is 0.344 e. The van der Waals surface area contributed by atoms with Gasteiger partial charge < -0.3 is 19.3 Å². The highest BCUT2D eigenvalue weighted by molar-refractivity contribution is 5.90. The van der Waals surface area contributed by atoms with E-state index in [-0.39, 0.29) is 0 Å². The predicted octanol–water partition coefficient (Wildman–Crippen LogP) is 3.39. The molecule has 0 fully saturated rings. The molecule has 2 aromatic carbocycles. The highest BCUT2D eigenvalue weighted by Crippen LogP contribution is 2.29. The number of carbonyl (C=O) groups excluding carboxylic acids is 1. The van der Waals surface area contributed by atoms with Crippen LogP contribution < -0.4 is 9.47 Å². The van der Waals surface area contributed by atoms with E-state index < -0.39 is 18.0 Å². The summed E-state index contributed by atoms with van der Waals surface area (Å²) in [6.45, 7) is 3.29. The van der Waals surface area contributed by atoms with Crippen molar-refractivity contribution < 1.29 is 28.9 Å². The average Bonchev–Trinajstić information content (AvgIpc) is 2.66. The number of aryl methyl sites for hydroxylation is 1. The molecule has 0 aliphatic heterocycles. The molecule has 0 heterocycles. The topological polar surface area (TPSA) is 94.4 Å². The fraction of sp³-hybridized carbons (Fsp3) is 0.250. The number of hydrogen-bond acceptors (Lipinski definition) is 6. The number of ether oxygens (including phenoxy) is 3. The zero-order chi connectivity index (χ0) is 20.0. The van der Waals surface area contributed by atoms with Crippen molar-refractivity contribution in [3.8, 4) is 11.5 Å². The molecular weight excluding hydrogens is 350 g/mol. The van der Waals surface area contributed by atoms with E-state index in [0.29, 0.717) is 22.7 Å². The highest BCUT2D eigenvalue weighted by atomic mass is 16.5. The lowest BCUT2D eigenvalue weighted by atomic mass is 10.1. The highest BCUT2D eigenvalue weighted by Gasteiger charge is 2.15.